The molecule has 2 aromatic rings. The first kappa shape index (κ1) is 15.8. The predicted octanol–water partition coefficient (Wildman–Crippen LogP) is 3.05. The zero-order chi connectivity index (χ0) is 15.2. The number of hydrogen-bond acceptors (Lipinski definition) is 4. The van der Waals surface area contributed by atoms with Crippen molar-refractivity contribution in [2.75, 3.05) is 13.7 Å². The highest BCUT2D eigenvalue weighted by atomic mass is 35.5. The summed E-state index contributed by atoms with van der Waals surface area (Å²) < 4.78 is 7.30. The van der Waals surface area contributed by atoms with E-state index in [0.29, 0.717) is 10.9 Å². The third kappa shape index (κ3) is 3.36. The molecule has 0 saturated carbocycles. The lowest BCUT2D eigenvalue weighted by atomic mass is 10.0. The molecular weight excluding hydrogens is 288 g/mol. The van der Waals surface area contributed by atoms with Crippen LogP contribution < -0.4 is 10.1 Å². The summed E-state index contributed by atoms with van der Waals surface area (Å²) in [6, 6.07) is 3.81. The zero-order valence-corrected chi connectivity index (χ0v) is 13.4. The van der Waals surface area contributed by atoms with Crippen LogP contribution in [0.2, 0.25) is 5.02 Å². The normalized spacial score (nSPS) is 12.4. The van der Waals surface area contributed by atoms with Crippen LogP contribution in [0.5, 0.6) is 5.88 Å². The highest BCUT2D eigenvalue weighted by Crippen LogP contribution is 2.32. The van der Waals surface area contributed by atoms with E-state index >= 15 is 0 Å². The van der Waals surface area contributed by atoms with Crippen LogP contribution in [0.1, 0.15) is 37.6 Å². The summed E-state index contributed by atoms with van der Waals surface area (Å²) in [5.74, 6) is 0.603. The number of hydrogen-bond donors (Lipinski definition) is 1. The maximum absolute atomic E-state index is 6.36. The molecule has 1 unspecified atom stereocenters. The van der Waals surface area contributed by atoms with Crippen molar-refractivity contribution in [2.45, 2.75) is 32.9 Å². The number of nitrogens with one attached hydrogen (secondary N) is 1. The number of aryl methyl sites for hydroxylation is 1. The van der Waals surface area contributed by atoms with E-state index in [2.05, 4.69) is 22.3 Å². The second-order valence-electron chi connectivity index (χ2n) is 4.68. The Morgan fingerprint density at radius 1 is 1.43 bits per heavy atom. The van der Waals surface area contributed by atoms with Gasteiger partial charge >= 0.3 is 0 Å². The molecule has 114 valence electrons. The smallest absolute Gasteiger partial charge is 0.218 e. The Kier molecular flexibility index (Phi) is 5.59. The minimum Gasteiger partial charge on any atom is -0.481 e. The van der Waals surface area contributed by atoms with Crippen LogP contribution in [0.15, 0.2) is 24.5 Å². The fourth-order valence-electron chi connectivity index (χ4n) is 2.35. The number of methoxy groups -OCH3 is 1. The van der Waals surface area contributed by atoms with Gasteiger partial charge in [0.15, 0.2) is 0 Å². The number of nitrogens with zero attached hydrogens (tertiary/aromatic N) is 3. The molecule has 0 aliphatic carbocycles. The molecule has 0 bridgehead atoms. The number of halogens is 1. The van der Waals surface area contributed by atoms with Gasteiger partial charge in [-0.05, 0) is 26.0 Å². The second kappa shape index (κ2) is 7.43. The molecule has 5 nitrogen and oxygen atoms in total. The largest absolute Gasteiger partial charge is 0.481 e. The van der Waals surface area contributed by atoms with Crippen molar-refractivity contribution in [3.05, 3.63) is 40.8 Å². The molecule has 0 spiro atoms. The fourth-order valence-corrected chi connectivity index (χ4v) is 2.60. The van der Waals surface area contributed by atoms with Gasteiger partial charge in [0, 0.05) is 18.3 Å². The van der Waals surface area contributed by atoms with Crippen molar-refractivity contribution in [1.29, 1.82) is 0 Å². The van der Waals surface area contributed by atoms with Gasteiger partial charge in [0.1, 0.15) is 0 Å². The Labute approximate surface area is 130 Å². The molecule has 0 aliphatic heterocycles. The average Bonchev–Trinajstić information content (AvgIpc) is 2.89. The minimum atomic E-state index is -0.0939. The minimum absolute atomic E-state index is 0.0939. The fraction of sp³-hybridized carbons (Fsp3) is 0.467. The second-order valence-corrected chi connectivity index (χ2v) is 5.09. The van der Waals surface area contributed by atoms with Gasteiger partial charge in [-0.25, -0.2) is 4.98 Å². The van der Waals surface area contributed by atoms with Gasteiger partial charge in [0.25, 0.3) is 0 Å². The van der Waals surface area contributed by atoms with E-state index in [-0.39, 0.29) is 6.04 Å². The van der Waals surface area contributed by atoms with Crippen LogP contribution in [0.3, 0.4) is 0 Å². The van der Waals surface area contributed by atoms with Crippen LogP contribution >= 0.6 is 11.6 Å². The summed E-state index contributed by atoms with van der Waals surface area (Å²) in [4.78, 5) is 4.29. The molecule has 0 radical (unpaired) electrons. The molecule has 6 heteroatoms. The van der Waals surface area contributed by atoms with Gasteiger partial charge in [-0.1, -0.05) is 24.6 Å². The number of ether oxygens (including phenoxy) is 1. The van der Waals surface area contributed by atoms with Gasteiger partial charge in [-0.2, -0.15) is 5.10 Å². The predicted molar refractivity (Wildman–Crippen MR) is 83.8 cm³/mol. The Hall–Kier alpha value is -1.59. The molecule has 21 heavy (non-hydrogen) atoms. The Morgan fingerprint density at radius 3 is 2.90 bits per heavy atom. The zero-order valence-electron chi connectivity index (χ0n) is 12.6. The molecule has 2 aromatic heterocycles. The first-order valence-electron chi connectivity index (χ1n) is 7.16. The van der Waals surface area contributed by atoms with E-state index in [1.807, 2.05) is 23.7 Å². The highest BCUT2D eigenvalue weighted by molar-refractivity contribution is 6.31. The maximum Gasteiger partial charge on any atom is 0.218 e. The lowest BCUT2D eigenvalue weighted by molar-refractivity contribution is 0.384. The van der Waals surface area contributed by atoms with Crippen LogP contribution in [-0.4, -0.2) is 28.4 Å². The number of rotatable bonds is 7. The molecular formula is C15H21ClN4O. The number of aromatic nitrogens is 3. The first-order chi connectivity index (χ1) is 10.2. The summed E-state index contributed by atoms with van der Waals surface area (Å²) >= 11 is 6.36. The van der Waals surface area contributed by atoms with Crippen molar-refractivity contribution >= 4 is 11.6 Å². The summed E-state index contributed by atoms with van der Waals surface area (Å²) in [5.41, 5.74) is 1.91. The Morgan fingerprint density at radius 2 is 2.24 bits per heavy atom. The summed E-state index contributed by atoms with van der Waals surface area (Å²) in [5, 5.41) is 8.49. The van der Waals surface area contributed by atoms with Gasteiger partial charge in [0.2, 0.25) is 5.88 Å². The van der Waals surface area contributed by atoms with Crippen molar-refractivity contribution in [2.24, 2.45) is 0 Å². The molecule has 1 atom stereocenters. The third-order valence-corrected chi connectivity index (χ3v) is 3.60. The van der Waals surface area contributed by atoms with Crippen molar-refractivity contribution in [3.63, 3.8) is 0 Å². The molecule has 0 fully saturated rings. The van der Waals surface area contributed by atoms with E-state index < -0.39 is 0 Å². The van der Waals surface area contributed by atoms with Crippen LogP contribution in [-0.2, 0) is 6.54 Å². The van der Waals surface area contributed by atoms with E-state index in [4.69, 9.17) is 16.3 Å². The maximum atomic E-state index is 6.36. The number of pyridine rings is 1. The monoisotopic (exact) mass is 308 g/mol. The summed E-state index contributed by atoms with van der Waals surface area (Å²) in [6.07, 6.45) is 4.43. The van der Waals surface area contributed by atoms with Crippen molar-refractivity contribution < 1.29 is 4.74 Å². The molecule has 1 N–H and O–H groups in total. The van der Waals surface area contributed by atoms with Crippen LogP contribution in [0.25, 0.3) is 0 Å². The van der Waals surface area contributed by atoms with Gasteiger partial charge in [-0.15, -0.1) is 0 Å². The van der Waals surface area contributed by atoms with E-state index in [1.54, 1.807) is 19.5 Å². The van der Waals surface area contributed by atoms with E-state index in [1.165, 1.54) is 0 Å². The molecule has 0 aliphatic rings. The SMILES string of the molecule is CCCNC(c1cccnc1OC)c1c(Cl)cnn1CC. The van der Waals surface area contributed by atoms with Gasteiger partial charge in [0.05, 0.1) is 30.1 Å². The average molecular weight is 309 g/mol. The Bertz CT molecular complexity index is 585. The van der Waals surface area contributed by atoms with E-state index in [0.717, 1.165) is 30.8 Å². The van der Waals surface area contributed by atoms with Gasteiger partial charge < -0.3 is 10.1 Å². The molecule has 0 saturated heterocycles. The van der Waals surface area contributed by atoms with E-state index in [9.17, 15) is 0 Å². The third-order valence-electron chi connectivity index (χ3n) is 3.31. The lowest BCUT2D eigenvalue weighted by Crippen LogP contribution is -2.26. The summed E-state index contributed by atoms with van der Waals surface area (Å²) in [6.45, 7) is 5.80. The summed E-state index contributed by atoms with van der Waals surface area (Å²) in [7, 11) is 1.63. The molecule has 2 rings (SSSR count). The molecule has 2 heterocycles. The van der Waals surface area contributed by atoms with Gasteiger partial charge in [-0.3, -0.25) is 4.68 Å². The standard InChI is InChI=1S/C15H21ClN4O/c1-4-8-17-13(11-7-6-9-18-15(11)21-3)14-12(16)10-19-20(14)5-2/h6-7,9-10,13,17H,4-5,8H2,1-3H3. The lowest BCUT2D eigenvalue weighted by Gasteiger charge is -2.22. The molecule has 0 aromatic carbocycles. The van der Waals surface area contributed by atoms with Crippen molar-refractivity contribution in [3.8, 4) is 5.88 Å². The topological polar surface area (TPSA) is 52.0 Å². The first-order valence-corrected chi connectivity index (χ1v) is 7.54. The van der Waals surface area contributed by atoms with Crippen LogP contribution in [0, 0.1) is 0 Å². The Balaban J connectivity index is 2.50. The highest BCUT2D eigenvalue weighted by Gasteiger charge is 2.24. The van der Waals surface area contributed by atoms with Crippen molar-refractivity contribution in [1.82, 2.24) is 20.1 Å². The van der Waals surface area contributed by atoms with Crippen LogP contribution in [0.4, 0.5) is 0 Å². The quantitative estimate of drug-likeness (QED) is 0.854. The molecule has 0 amide bonds.